The van der Waals surface area contributed by atoms with Crippen molar-refractivity contribution in [1.29, 1.82) is 5.26 Å². The highest BCUT2D eigenvalue weighted by Crippen LogP contribution is 2.51. The molecule has 3 aliphatic rings. The van der Waals surface area contributed by atoms with Crippen molar-refractivity contribution < 1.29 is 14.3 Å². The highest BCUT2D eigenvalue weighted by Gasteiger charge is 2.53. The molecule has 8 nitrogen and oxygen atoms in total. The normalized spacial score (nSPS) is 26.1. The van der Waals surface area contributed by atoms with E-state index in [0.29, 0.717) is 18.4 Å². The zero-order valence-electron chi connectivity index (χ0n) is 21.7. The minimum absolute atomic E-state index is 0.0403. The zero-order chi connectivity index (χ0) is 26.5. The van der Waals surface area contributed by atoms with Gasteiger partial charge in [0.05, 0.1) is 35.7 Å². The number of ether oxygens (including phenoxy) is 1. The monoisotopic (exact) mass is 499 g/mol. The van der Waals surface area contributed by atoms with Crippen LogP contribution in [0.3, 0.4) is 0 Å². The van der Waals surface area contributed by atoms with Crippen molar-refractivity contribution in [3.05, 3.63) is 65.2 Å². The standard InChI is InChI=1S/C29H33N5O3/c1-28(2)15-24(35)34(27(31)33-28)25(18-11-9-17(16-30)10-12-18)20-13-21(20)26(36)32-22-14-29(3,4)37-23-8-6-5-7-19(22)23/h5-12,20-22,25H,13-15H2,1-4H3,(H2,31,33)(H,32,36). The van der Waals surface area contributed by atoms with Crippen LogP contribution < -0.4 is 15.8 Å². The Labute approximate surface area is 217 Å². The number of aliphatic imine (C=N–C) groups is 1. The number of amides is 2. The highest BCUT2D eigenvalue weighted by atomic mass is 16.5. The van der Waals surface area contributed by atoms with Gasteiger partial charge in [-0.1, -0.05) is 30.3 Å². The van der Waals surface area contributed by atoms with Gasteiger partial charge in [0.1, 0.15) is 11.4 Å². The van der Waals surface area contributed by atoms with E-state index in [1.165, 1.54) is 0 Å². The minimum atomic E-state index is -0.573. The van der Waals surface area contributed by atoms with Gasteiger partial charge in [0.15, 0.2) is 5.96 Å². The van der Waals surface area contributed by atoms with E-state index in [0.717, 1.165) is 16.9 Å². The van der Waals surface area contributed by atoms with E-state index in [1.807, 2.05) is 64.1 Å². The quantitative estimate of drug-likeness (QED) is 0.645. The third-order valence-corrected chi connectivity index (χ3v) is 7.45. The van der Waals surface area contributed by atoms with Crippen LogP contribution in [0.25, 0.3) is 0 Å². The maximum absolute atomic E-state index is 13.5. The van der Waals surface area contributed by atoms with Gasteiger partial charge in [0.2, 0.25) is 11.8 Å². The number of benzene rings is 2. The Kier molecular flexibility index (Phi) is 5.98. The Balaban J connectivity index is 1.41. The van der Waals surface area contributed by atoms with Gasteiger partial charge in [-0.3, -0.25) is 14.5 Å². The minimum Gasteiger partial charge on any atom is -0.487 e. The van der Waals surface area contributed by atoms with Gasteiger partial charge < -0.3 is 15.8 Å². The summed E-state index contributed by atoms with van der Waals surface area (Å²) < 4.78 is 6.12. The van der Waals surface area contributed by atoms with E-state index in [2.05, 4.69) is 16.4 Å². The van der Waals surface area contributed by atoms with E-state index in [1.54, 1.807) is 17.0 Å². The molecule has 0 saturated heterocycles. The molecular weight excluding hydrogens is 466 g/mol. The highest BCUT2D eigenvalue weighted by molar-refractivity contribution is 5.99. The van der Waals surface area contributed by atoms with Gasteiger partial charge in [-0.25, -0.2) is 4.99 Å². The summed E-state index contributed by atoms with van der Waals surface area (Å²) in [5.41, 5.74) is 7.71. The number of rotatable bonds is 5. The molecule has 1 aliphatic carbocycles. The number of para-hydroxylation sites is 1. The number of carbonyl (C=O) groups is 2. The summed E-state index contributed by atoms with van der Waals surface area (Å²) in [5.74, 6) is 0.419. The summed E-state index contributed by atoms with van der Waals surface area (Å²) >= 11 is 0. The molecule has 8 heteroatoms. The number of nitrogens with one attached hydrogen (secondary N) is 1. The second kappa shape index (κ2) is 8.91. The zero-order valence-corrected chi connectivity index (χ0v) is 21.7. The molecule has 0 bridgehead atoms. The fraction of sp³-hybridized carbons (Fsp3) is 0.448. The van der Waals surface area contributed by atoms with Crippen molar-refractivity contribution >= 4 is 17.8 Å². The number of fused-ring (bicyclic) bond motifs is 1. The molecule has 5 rings (SSSR count). The van der Waals surface area contributed by atoms with Gasteiger partial charge in [-0.2, -0.15) is 5.26 Å². The molecule has 2 aromatic rings. The van der Waals surface area contributed by atoms with Gasteiger partial charge in [-0.05, 0) is 63.8 Å². The molecule has 1 fully saturated rings. The molecule has 1 saturated carbocycles. The molecule has 2 aromatic carbocycles. The Morgan fingerprint density at radius 3 is 2.57 bits per heavy atom. The average Bonchev–Trinajstić information content (AvgIpc) is 3.61. The van der Waals surface area contributed by atoms with Crippen LogP contribution in [0.2, 0.25) is 0 Å². The summed E-state index contributed by atoms with van der Waals surface area (Å²) in [6, 6.07) is 16.5. The molecule has 2 amide bonds. The molecule has 192 valence electrons. The van der Waals surface area contributed by atoms with E-state index in [4.69, 9.17) is 10.5 Å². The van der Waals surface area contributed by atoms with Crippen LogP contribution in [0.15, 0.2) is 53.5 Å². The second-order valence-corrected chi connectivity index (χ2v) is 11.6. The lowest BCUT2D eigenvalue weighted by atomic mass is 9.89. The van der Waals surface area contributed by atoms with Crippen molar-refractivity contribution in [2.45, 2.75) is 70.2 Å². The number of hydrogen-bond acceptors (Lipinski definition) is 6. The van der Waals surface area contributed by atoms with Crippen LogP contribution in [0.5, 0.6) is 5.75 Å². The Morgan fingerprint density at radius 1 is 1.19 bits per heavy atom. The van der Waals surface area contributed by atoms with Crippen molar-refractivity contribution in [3.8, 4) is 11.8 Å². The van der Waals surface area contributed by atoms with Crippen LogP contribution in [-0.2, 0) is 9.59 Å². The smallest absolute Gasteiger partial charge is 0.232 e. The molecule has 37 heavy (non-hydrogen) atoms. The summed E-state index contributed by atoms with van der Waals surface area (Å²) in [4.78, 5) is 32.9. The van der Waals surface area contributed by atoms with Crippen LogP contribution in [0.4, 0.5) is 0 Å². The van der Waals surface area contributed by atoms with Crippen molar-refractivity contribution in [1.82, 2.24) is 10.2 Å². The molecule has 0 radical (unpaired) electrons. The maximum atomic E-state index is 13.5. The SMILES string of the molecule is CC1(C)CC(=O)N(C(c2ccc(C#N)cc2)C2CC2C(=O)NC2CC(C)(C)Oc3ccccc32)C(N)=N1. The molecule has 3 N–H and O–H groups in total. The Hall–Kier alpha value is -3.86. The molecule has 4 unspecified atom stereocenters. The van der Waals surface area contributed by atoms with Gasteiger partial charge >= 0.3 is 0 Å². The molecule has 0 aromatic heterocycles. The van der Waals surface area contributed by atoms with Gasteiger partial charge in [-0.15, -0.1) is 0 Å². The molecule has 2 aliphatic heterocycles. The van der Waals surface area contributed by atoms with Crippen LogP contribution in [-0.4, -0.2) is 33.8 Å². The van der Waals surface area contributed by atoms with Crippen LogP contribution in [0, 0.1) is 23.2 Å². The van der Waals surface area contributed by atoms with Crippen LogP contribution in [0.1, 0.15) is 75.7 Å². The summed E-state index contributed by atoms with van der Waals surface area (Å²) in [6.07, 6.45) is 1.52. The fourth-order valence-corrected chi connectivity index (χ4v) is 5.70. The molecular formula is C29H33N5O3. The van der Waals surface area contributed by atoms with Crippen molar-refractivity contribution in [2.75, 3.05) is 0 Å². The van der Waals surface area contributed by atoms with E-state index < -0.39 is 17.2 Å². The predicted molar refractivity (Wildman–Crippen MR) is 139 cm³/mol. The third-order valence-electron chi connectivity index (χ3n) is 7.45. The number of carbonyl (C=O) groups excluding carboxylic acids is 2. The Bertz CT molecular complexity index is 1310. The lowest BCUT2D eigenvalue weighted by Crippen LogP contribution is -2.52. The Morgan fingerprint density at radius 2 is 1.89 bits per heavy atom. The second-order valence-electron chi connectivity index (χ2n) is 11.6. The summed E-state index contributed by atoms with van der Waals surface area (Å²) in [6.45, 7) is 7.81. The molecule has 4 atom stereocenters. The lowest BCUT2D eigenvalue weighted by Gasteiger charge is -2.39. The number of nitrogens with two attached hydrogens (primary N) is 1. The number of guanidine groups is 1. The predicted octanol–water partition coefficient (Wildman–Crippen LogP) is 3.98. The van der Waals surface area contributed by atoms with Crippen molar-refractivity contribution in [2.24, 2.45) is 22.6 Å². The summed E-state index contributed by atoms with van der Waals surface area (Å²) in [5, 5.41) is 12.5. The van der Waals surface area contributed by atoms with Crippen LogP contribution >= 0.6 is 0 Å². The van der Waals surface area contributed by atoms with E-state index in [9.17, 15) is 14.9 Å². The number of hydrogen-bond donors (Lipinski definition) is 2. The molecule has 0 spiro atoms. The van der Waals surface area contributed by atoms with Gasteiger partial charge in [0, 0.05) is 17.9 Å². The fourth-order valence-electron chi connectivity index (χ4n) is 5.70. The first-order chi connectivity index (χ1) is 17.5. The topological polar surface area (TPSA) is 121 Å². The average molecular weight is 500 g/mol. The van der Waals surface area contributed by atoms with E-state index >= 15 is 0 Å². The van der Waals surface area contributed by atoms with Crippen molar-refractivity contribution in [3.63, 3.8) is 0 Å². The van der Waals surface area contributed by atoms with E-state index in [-0.39, 0.29) is 42.1 Å². The maximum Gasteiger partial charge on any atom is 0.232 e. The first-order valence-electron chi connectivity index (χ1n) is 12.7. The first kappa shape index (κ1) is 24.8. The number of nitriles is 1. The summed E-state index contributed by atoms with van der Waals surface area (Å²) in [7, 11) is 0. The molecule has 2 heterocycles. The van der Waals surface area contributed by atoms with Gasteiger partial charge in [0.25, 0.3) is 0 Å². The largest absolute Gasteiger partial charge is 0.487 e. The lowest BCUT2D eigenvalue weighted by molar-refractivity contribution is -0.132. The first-order valence-corrected chi connectivity index (χ1v) is 12.7. The third kappa shape index (κ3) is 4.91. The number of nitrogens with zero attached hydrogens (tertiary/aromatic N) is 3.